The molecule has 0 bridgehead atoms. The van der Waals surface area contributed by atoms with E-state index in [-0.39, 0.29) is 42.2 Å². The Kier molecular flexibility index (Phi) is 8.12. The molecule has 6 heteroatoms. The maximum atomic E-state index is 12.6. The molecule has 23 heavy (non-hydrogen) atoms. The molecule has 1 heterocycles. The maximum Gasteiger partial charge on any atom is 0.225 e. The molecule has 2 saturated carbocycles. The van der Waals surface area contributed by atoms with Crippen LogP contribution in [0.5, 0.6) is 0 Å². The van der Waals surface area contributed by atoms with Gasteiger partial charge in [-0.05, 0) is 39.0 Å². The summed E-state index contributed by atoms with van der Waals surface area (Å²) < 4.78 is 0. The van der Waals surface area contributed by atoms with Crippen LogP contribution in [-0.2, 0) is 4.79 Å². The average Bonchev–Trinajstić information content (AvgIpc) is 3.08. The Morgan fingerprint density at radius 1 is 1.09 bits per heavy atom. The molecule has 3 fully saturated rings. The van der Waals surface area contributed by atoms with Crippen LogP contribution in [0.4, 0.5) is 0 Å². The summed E-state index contributed by atoms with van der Waals surface area (Å²) in [6.45, 7) is 4.25. The zero-order valence-electron chi connectivity index (χ0n) is 14.3. The van der Waals surface area contributed by atoms with Crippen LogP contribution < -0.4 is 11.1 Å². The van der Waals surface area contributed by atoms with Gasteiger partial charge in [0, 0.05) is 30.7 Å². The second-order valence-corrected chi connectivity index (χ2v) is 7.73. The van der Waals surface area contributed by atoms with Gasteiger partial charge in [-0.3, -0.25) is 9.69 Å². The number of hydrogen-bond acceptors (Lipinski definition) is 3. The van der Waals surface area contributed by atoms with Gasteiger partial charge in [-0.1, -0.05) is 25.7 Å². The number of nitrogens with zero attached hydrogens (tertiary/aromatic N) is 1. The number of hydrogen-bond donors (Lipinski definition) is 2. The molecule has 3 rings (SSSR count). The first-order valence-corrected chi connectivity index (χ1v) is 8.89. The van der Waals surface area contributed by atoms with Gasteiger partial charge in [-0.15, -0.1) is 24.8 Å². The molecular weight excluding hydrogens is 333 g/mol. The molecule has 1 saturated heterocycles. The number of halogens is 2. The van der Waals surface area contributed by atoms with Crippen LogP contribution in [0, 0.1) is 5.92 Å². The SMILES string of the molecule is CC1(N)CCCCC1C(=O)NC1CCN(C2CCCC2)C1.Cl.Cl. The van der Waals surface area contributed by atoms with Crippen LogP contribution in [0.1, 0.15) is 64.7 Å². The molecule has 0 aromatic carbocycles. The van der Waals surface area contributed by atoms with E-state index >= 15 is 0 Å². The third kappa shape index (κ3) is 4.97. The minimum absolute atomic E-state index is 0. The lowest BCUT2D eigenvalue weighted by Gasteiger charge is -2.37. The van der Waals surface area contributed by atoms with Gasteiger partial charge >= 0.3 is 0 Å². The van der Waals surface area contributed by atoms with Crippen molar-refractivity contribution in [1.82, 2.24) is 10.2 Å². The van der Waals surface area contributed by atoms with Crippen molar-refractivity contribution in [3.8, 4) is 0 Å². The summed E-state index contributed by atoms with van der Waals surface area (Å²) in [4.78, 5) is 15.2. The van der Waals surface area contributed by atoms with E-state index in [1.54, 1.807) is 0 Å². The molecule has 3 atom stereocenters. The molecule has 3 N–H and O–H groups in total. The van der Waals surface area contributed by atoms with Gasteiger partial charge in [0.05, 0.1) is 5.92 Å². The van der Waals surface area contributed by atoms with Crippen molar-refractivity contribution in [3.05, 3.63) is 0 Å². The van der Waals surface area contributed by atoms with Crippen molar-refractivity contribution in [2.75, 3.05) is 13.1 Å². The molecule has 136 valence electrons. The Hall–Kier alpha value is -0.0300. The fraction of sp³-hybridized carbons (Fsp3) is 0.941. The van der Waals surface area contributed by atoms with Crippen LogP contribution in [0.2, 0.25) is 0 Å². The number of carbonyl (C=O) groups is 1. The molecule has 1 amide bonds. The molecule has 0 aromatic rings. The van der Waals surface area contributed by atoms with Gasteiger partial charge in [0.1, 0.15) is 0 Å². The zero-order valence-corrected chi connectivity index (χ0v) is 15.9. The van der Waals surface area contributed by atoms with Gasteiger partial charge in [0.15, 0.2) is 0 Å². The second kappa shape index (κ2) is 8.89. The summed E-state index contributed by atoms with van der Waals surface area (Å²) in [6.07, 6.45) is 10.8. The minimum atomic E-state index is -0.313. The third-order valence-corrected chi connectivity index (χ3v) is 5.98. The number of likely N-dealkylation sites (tertiary alicyclic amines) is 1. The summed E-state index contributed by atoms with van der Waals surface area (Å²) in [5, 5.41) is 3.30. The second-order valence-electron chi connectivity index (χ2n) is 7.73. The lowest BCUT2D eigenvalue weighted by Crippen LogP contribution is -2.54. The van der Waals surface area contributed by atoms with Crippen molar-refractivity contribution in [2.45, 2.75) is 82.3 Å². The summed E-state index contributed by atoms with van der Waals surface area (Å²) in [7, 11) is 0. The van der Waals surface area contributed by atoms with Crippen LogP contribution in [0.25, 0.3) is 0 Å². The first-order chi connectivity index (χ1) is 10.1. The summed E-state index contributed by atoms with van der Waals surface area (Å²) in [5.41, 5.74) is 6.04. The van der Waals surface area contributed by atoms with Gasteiger partial charge < -0.3 is 11.1 Å². The van der Waals surface area contributed by atoms with E-state index in [0.717, 1.165) is 51.2 Å². The average molecular weight is 366 g/mol. The van der Waals surface area contributed by atoms with Crippen LogP contribution in [-0.4, -0.2) is 41.5 Å². The maximum absolute atomic E-state index is 12.6. The van der Waals surface area contributed by atoms with E-state index in [2.05, 4.69) is 17.1 Å². The topological polar surface area (TPSA) is 58.4 Å². The number of nitrogens with one attached hydrogen (secondary N) is 1. The van der Waals surface area contributed by atoms with Crippen molar-refractivity contribution in [1.29, 1.82) is 0 Å². The predicted molar refractivity (Wildman–Crippen MR) is 99.4 cm³/mol. The van der Waals surface area contributed by atoms with E-state index in [1.165, 1.54) is 25.7 Å². The molecule has 0 aromatic heterocycles. The quantitative estimate of drug-likeness (QED) is 0.808. The van der Waals surface area contributed by atoms with E-state index in [1.807, 2.05) is 0 Å². The van der Waals surface area contributed by atoms with Gasteiger partial charge in [0.2, 0.25) is 5.91 Å². The van der Waals surface area contributed by atoms with E-state index in [9.17, 15) is 4.79 Å². The first-order valence-electron chi connectivity index (χ1n) is 8.89. The van der Waals surface area contributed by atoms with E-state index in [0.29, 0.717) is 6.04 Å². The van der Waals surface area contributed by atoms with Crippen molar-refractivity contribution >= 4 is 30.7 Å². The van der Waals surface area contributed by atoms with Gasteiger partial charge in [-0.2, -0.15) is 0 Å². The van der Waals surface area contributed by atoms with Crippen molar-refractivity contribution in [2.24, 2.45) is 11.7 Å². The minimum Gasteiger partial charge on any atom is -0.352 e. The molecule has 3 aliphatic rings. The standard InChI is InChI=1S/C17H31N3O.2ClH/c1-17(18)10-5-4-8-15(17)16(21)19-13-9-11-20(12-13)14-6-2-3-7-14;;/h13-15H,2-12,18H2,1H3,(H,19,21);2*1H. The molecular formula is C17H33Cl2N3O. The predicted octanol–water partition coefficient (Wildman–Crippen LogP) is 2.87. The summed E-state index contributed by atoms with van der Waals surface area (Å²) >= 11 is 0. The summed E-state index contributed by atoms with van der Waals surface area (Å²) in [5.74, 6) is 0.213. The molecule has 1 aliphatic heterocycles. The Labute approximate surface area is 153 Å². The highest BCUT2D eigenvalue weighted by atomic mass is 35.5. The highest BCUT2D eigenvalue weighted by Crippen LogP contribution is 2.32. The molecule has 4 nitrogen and oxygen atoms in total. The Morgan fingerprint density at radius 3 is 2.39 bits per heavy atom. The van der Waals surface area contributed by atoms with E-state index in [4.69, 9.17) is 5.73 Å². The van der Waals surface area contributed by atoms with Crippen LogP contribution >= 0.6 is 24.8 Å². The zero-order chi connectivity index (χ0) is 14.9. The first kappa shape index (κ1) is 21.0. The monoisotopic (exact) mass is 365 g/mol. The van der Waals surface area contributed by atoms with Crippen molar-refractivity contribution in [3.63, 3.8) is 0 Å². The molecule has 3 unspecified atom stereocenters. The number of amides is 1. The van der Waals surface area contributed by atoms with Crippen LogP contribution in [0.15, 0.2) is 0 Å². The Bertz CT molecular complexity index is 386. The molecule has 2 aliphatic carbocycles. The van der Waals surface area contributed by atoms with Gasteiger partial charge in [0.25, 0.3) is 0 Å². The lowest BCUT2D eigenvalue weighted by molar-refractivity contribution is -0.128. The smallest absolute Gasteiger partial charge is 0.225 e. The third-order valence-electron chi connectivity index (χ3n) is 5.98. The van der Waals surface area contributed by atoms with Gasteiger partial charge in [-0.25, -0.2) is 0 Å². The Morgan fingerprint density at radius 2 is 1.74 bits per heavy atom. The number of rotatable bonds is 3. The van der Waals surface area contributed by atoms with Crippen LogP contribution in [0.3, 0.4) is 0 Å². The van der Waals surface area contributed by atoms with Crippen molar-refractivity contribution < 1.29 is 4.79 Å². The number of carbonyl (C=O) groups excluding carboxylic acids is 1. The fourth-order valence-corrected chi connectivity index (χ4v) is 4.60. The molecule has 0 radical (unpaired) electrons. The highest BCUT2D eigenvalue weighted by Gasteiger charge is 2.39. The molecule has 0 spiro atoms. The highest BCUT2D eigenvalue weighted by molar-refractivity contribution is 5.85. The fourth-order valence-electron chi connectivity index (χ4n) is 4.60. The lowest BCUT2D eigenvalue weighted by atomic mass is 9.74. The largest absolute Gasteiger partial charge is 0.352 e. The number of nitrogens with two attached hydrogens (primary N) is 1. The Balaban J connectivity index is 0.00000132. The van der Waals surface area contributed by atoms with E-state index < -0.39 is 0 Å². The normalized spacial score (nSPS) is 35.4. The summed E-state index contributed by atoms with van der Waals surface area (Å²) in [6, 6.07) is 1.12.